The minimum Gasteiger partial charge on any atom is -0.390 e. The first-order valence-electron chi connectivity index (χ1n) is 4.59. The van der Waals surface area contributed by atoms with Crippen LogP contribution in [-0.4, -0.2) is 49.6 Å². The summed E-state index contributed by atoms with van der Waals surface area (Å²) in [6.07, 6.45) is 0.775. The predicted molar refractivity (Wildman–Crippen MR) is 45.0 cm³/mol. The highest BCUT2D eigenvalue weighted by atomic mass is 16.5. The molecular formula is C8H16N2O2. The molecule has 0 aromatic rings. The lowest BCUT2D eigenvalue weighted by Crippen LogP contribution is -2.58. The maximum Gasteiger partial charge on any atom is 0.0817 e. The van der Waals surface area contributed by atoms with Gasteiger partial charge in [-0.25, -0.2) is 0 Å². The zero-order valence-corrected chi connectivity index (χ0v) is 7.12. The van der Waals surface area contributed by atoms with E-state index in [9.17, 15) is 5.11 Å². The summed E-state index contributed by atoms with van der Waals surface area (Å²) in [5.41, 5.74) is 0. The van der Waals surface area contributed by atoms with Crippen molar-refractivity contribution in [2.75, 3.05) is 26.3 Å². The van der Waals surface area contributed by atoms with Gasteiger partial charge in [0.1, 0.15) is 0 Å². The molecule has 2 saturated heterocycles. The Bertz CT molecular complexity index is 150. The van der Waals surface area contributed by atoms with Crippen LogP contribution in [0.2, 0.25) is 0 Å². The predicted octanol–water partition coefficient (Wildman–Crippen LogP) is -1.30. The minimum absolute atomic E-state index is 0.237. The van der Waals surface area contributed by atoms with E-state index in [0.29, 0.717) is 12.6 Å². The Balaban J connectivity index is 1.76. The fraction of sp³-hybridized carbons (Fsp3) is 1.00. The molecule has 4 heteroatoms. The average Bonchev–Trinajstić information content (AvgIpc) is 2.00. The largest absolute Gasteiger partial charge is 0.390 e. The van der Waals surface area contributed by atoms with Crippen molar-refractivity contribution < 1.29 is 9.84 Å². The van der Waals surface area contributed by atoms with E-state index < -0.39 is 0 Å². The van der Waals surface area contributed by atoms with E-state index >= 15 is 0 Å². The van der Waals surface area contributed by atoms with E-state index in [1.807, 2.05) is 0 Å². The zero-order valence-electron chi connectivity index (χ0n) is 7.12. The van der Waals surface area contributed by atoms with Gasteiger partial charge in [0, 0.05) is 12.6 Å². The monoisotopic (exact) mass is 172 g/mol. The first-order valence-corrected chi connectivity index (χ1v) is 4.59. The Hall–Kier alpha value is -0.160. The van der Waals surface area contributed by atoms with Crippen molar-refractivity contribution in [1.82, 2.24) is 10.6 Å². The molecule has 2 aliphatic heterocycles. The highest BCUT2D eigenvalue weighted by Crippen LogP contribution is 2.08. The van der Waals surface area contributed by atoms with Crippen molar-refractivity contribution in [3.63, 3.8) is 0 Å². The number of rotatable bonds is 2. The van der Waals surface area contributed by atoms with E-state index in [0.717, 1.165) is 26.2 Å². The highest BCUT2D eigenvalue weighted by Gasteiger charge is 2.27. The lowest BCUT2D eigenvalue weighted by atomic mass is 10.0. The van der Waals surface area contributed by atoms with E-state index in [-0.39, 0.29) is 12.1 Å². The topological polar surface area (TPSA) is 53.5 Å². The van der Waals surface area contributed by atoms with Gasteiger partial charge < -0.3 is 20.5 Å². The fourth-order valence-corrected chi connectivity index (χ4v) is 1.67. The Morgan fingerprint density at radius 1 is 1.42 bits per heavy atom. The van der Waals surface area contributed by atoms with Crippen LogP contribution in [0.15, 0.2) is 0 Å². The molecule has 0 bridgehead atoms. The summed E-state index contributed by atoms with van der Waals surface area (Å²) in [7, 11) is 0. The maximum absolute atomic E-state index is 9.57. The SMILES string of the molecule is OC1CNCCC1NC1COC1. The first kappa shape index (κ1) is 8.44. The second-order valence-corrected chi connectivity index (χ2v) is 3.57. The number of hydrogen-bond donors (Lipinski definition) is 3. The van der Waals surface area contributed by atoms with Crippen LogP contribution in [0, 0.1) is 0 Å². The Kier molecular flexibility index (Phi) is 2.60. The molecule has 0 amide bonds. The molecule has 2 rings (SSSR count). The molecule has 0 radical (unpaired) electrons. The number of hydrogen-bond acceptors (Lipinski definition) is 4. The summed E-state index contributed by atoms with van der Waals surface area (Å²) in [5.74, 6) is 0. The molecule has 2 heterocycles. The average molecular weight is 172 g/mol. The fourth-order valence-electron chi connectivity index (χ4n) is 1.67. The second kappa shape index (κ2) is 3.70. The van der Waals surface area contributed by atoms with Crippen LogP contribution in [0.3, 0.4) is 0 Å². The standard InChI is InChI=1S/C8H16N2O2/c11-8-3-9-2-1-7(8)10-6-4-12-5-6/h6-11H,1-5H2. The molecular weight excluding hydrogens is 156 g/mol. The van der Waals surface area contributed by atoms with Gasteiger partial charge in [-0.1, -0.05) is 0 Å². The molecule has 0 aliphatic carbocycles. The molecule has 0 aromatic carbocycles. The zero-order chi connectivity index (χ0) is 8.39. The van der Waals surface area contributed by atoms with Gasteiger partial charge in [0.05, 0.1) is 25.4 Å². The summed E-state index contributed by atoms with van der Waals surface area (Å²) in [4.78, 5) is 0. The van der Waals surface area contributed by atoms with Gasteiger partial charge in [-0.3, -0.25) is 0 Å². The van der Waals surface area contributed by atoms with Crippen LogP contribution in [0.1, 0.15) is 6.42 Å². The van der Waals surface area contributed by atoms with Crippen molar-refractivity contribution in [2.45, 2.75) is 24.6 Å². The minimum atomic E-state index is -0.237. The molecule has 0 saturated carbocycles. The van der Waals surface area contributed by atoms with Gasteiger partial charge in [0.25, 0.3) is 0 Å². The van der Waals surface area contributed by atoms with Crippen LogP contribution in [0.5, 0.6) is 0 Å². The summed E-state index contributed by atoms with van der Waals surface area (Å²) >= 11 is 0. The van der Waals surface area contributed by atoms with Gasteiger partial charge in [-0.15, -0.1) is 0 Å². The third kappa shape index (κ3) is 1.77. The molecule has 70 valence electrons. The molecule has 0 spiro atoms. The van der Waals surface area contributed by atoms with Crippen molar-refractivity contribution >= 4 is 0 Å². The van der Waals surface area contributed by atoms with Gasteiger partial charge in [0.2, 0.25) is 0 Å². The summed E-state index contributed by atoms with van der Waals surface area (Å²) < 4.78 is 5.05. The molecule has 2 unspecified atom stereocenters. The van der Waals surface area contributed by atoms with Crippen molar-refractivity contribution in [2.24, 2.45) is 0 Å². The summed E-state index contributed by atoms with van der Waals surface area (Å²) in [5, 5.41) is 16.1. The number of aliphatic hydroxyl groups is 1. The quantitative estimate of drug-likeness (QED) is 0.484. The second-order valence-electron chi connectivity index (χ2n) is 3.57. The Labute approximate surface area is 72.3 Å². The summed E-state index contributed by atoms with van der Waals surface area (Å²) in [6.45, 7) is 3.32. The van der Waals surface area contributed by atoms with E-state index in [4.69, 9.17) is 4.74 Å². The molecule has 2 fully saturated rings. The van der Waals surface area contributed by atoms with Crippen LogP contribution in [-0.2, 0) is 4.74 Å². The smallest absolute Gasteiger partial charge is 0.0817 e. The third-order valence-electron chi connectivity index (χ3n) is 2.54. The maximum atomic E-state index is 9.57. The third-order valence-corrected chi connectivity index (χ3v) is 2.54. The molecule has 12 heavy (non-hydrogen) atoms. The van der Waals surface area contributed by atoms with E-state index in [1.165, 1.54) is 0 Å². The van der Waals surface area contributed by atoms with Crippen LogP contribution >= 0.6 is 0 Å². The first-order chi connectivity index (χ1) is 5.86. The van der Waals surface area contributed by atoms with Crippen LogP contribution in [0.4, 0.5) is 0 Å². The molecule has 2 aliphatic rings. The number of β-amino-alcohol motifs (C(OH)–C–C–N with tert-alkyl or cyclic N) is 1. The van der Waals surface area contributed by atoms with Crippen molar-refractivity contribution in [3.05, 3.63) is 0 Å². The Morgan fingerprint density at radius 2 is 2.25 bits per heavy atom. The number of nitrogens with one attached hydrogen (secondary N) is 2. The van der Waals surface area contributed by atoms with E-state index in [1.54, 1.807) is 0 Å². The van der Waals surface area contributed by atoms with Crippen LogP contribution < -0.4 is 10.6 Å². The van der Waals surface area contributed by atoms with Crippen molar-refractivity contribution in [1.29, 1.82) is 0 Å². The lowest BCUT2D eigenvalue weighted by molar-refractivity contribution is -0.0227. The Morgan fingerprint density at radius 3 is 2.83 bits per heavy atom. The van der Waals surface area contributed by atoms with Crippen LogP contribution in [0.25, 0.3) is 0 Å². The highest BCUT2D eigenvalue weighted by molar-refractivity contribution is 4.87. The number of ether oxygens (including phenoxy) is 1. The molecule has 2 atom stereocenters. The van der Waals surface area contributed by atoms with Gasteiger partial charge in [0.15, 0.2) is 0 Å². The van der Waals surface area contributed by atoms with Gasteiger partial charge in [-0.2, -0.15) is 0 Å². The summed E-state index contributed by atoms with van der Waals surface area (Å²) in [6, 6.07) is 0.739. The van der Waals surface area contributed by atoms with E-state index in [2.05, 4.69) is 10.6 Å². The molecule has 0 aromatic heterocycles. The van der Waals surface area contributed by atoms with Gasteiger partial charge in [-0.05, 0) is 13.0 Å². The van der Waals surface area contributed by atoms with Gasteiger partial charge >= 0.3 is 0 Å². The lowest BCUT2D eigenvalue weighted by Gasteiger charge is -2.36. The molecule has 3 N–H and O–H groups in total. The number of piperidine rings is 1. The number of aliphatic hydroxyl groups excluding tert-OH is 1. The normalized spacial score (nSPS) is 37.8. The van der Waals surface area contributed by atoms with Crippen molar-refractivity contribution in [3.8, 4) is 0 Å². The molecule has 4 nitrogen and oxygen atoms in total.